The maximum atomic E-state index is 12.7. The van der Waals surface area contributed by atoms with E-state index in [0.717, 1.165) is 17.9 Å². The molecule has 0 aliphatic heterocycles. The second-order valence-corrected chi connectivity index (χ2v) is 6.22. The summed E-state index contributed by atoms with van der Waals surface area (Å²) in [5.41, 5.74) is -0.190. The fraction of sp³-hybridized carbons (Fsp3) is 0.176. The van der Waals surface area contributed by atoms with E-state index in [1.807, 2.05) is 13.0 Å². The molecule has 3 aromatic rings. The van der Waals surface area contributed by atoms with Crippen LogP contribution in [0.1, 0.15) is 17.0 Å². The fourth-order valence-corrected chi connectivity index (χ4v) is 2.97. The molecule has 0 unspecified atom stereocenters. The number of aromatic nitrogens is 1. The van der Waals surface area contributed by atoms with E-state index in [9.17, 15) is 18.0 Å². The summed E-state index contributed by atoms with van der Waals surface area (Å²) in [6.07, 6.45) is -4.49. The lowest BCUT2D eigenvalue weighted by Gasteiger charge is -2.09. The van der Waals surface area contributed by atoms with Crippen molar-refractivity contribution in [1.29, 1.82) is 0 Å². The molecule has 0 saturated heterocycles. The minimum Gasteiger partial charge on any atom is -0.459 e. The number of amides is 1. The van der Waals surface area contributed by atoms with Gasteiger partial charge in [-0.25, -0.2) is 4.98 Å². The molecule has 2 heterocycles. The molecular formula is C17H13F3N2O2S. The Labute approximate surface area is 145 Å². The number of furan rings is 1. The zero-order valence-corrected chi connectivity index (χ0v) is 13.9. The third-order valence-corrected chi connectivity index (χ3v) is 4.22. The summed E-state index contributed by atoms with van der Waals surface area (Å²) in [4.78, 5) is 16.4. The summed E-state index contributed by atoms with van der Waals surface area (Å²) < 4.78 is 43.5. The molecule has 2 aromatic heterocycles. The molecule has 0 aliphatic rings. The van der Waals surface area contributed by atoms with Crippen molar-refractivity contribution in [3.8, 4) is 10.8 Å². The monoisotopic (exact) mass is 366 g/mol. The molecule has 25 heavy (non-hydrogen) atoms. The highest BCUT2D eigenvalue weighted by atomic mass is 32.1. The van der Waals surface area contributed by atoms with Crippen molar-refractivity contribution < 1.29 is 22.4 Å². The number of hydrogen-bond donors (Lipinski definition) is 1. The van der Waals surface area contributed by atoms with Crippen LogP contribution in [0.2, 0.25) is 0 Å². The predicted molar refractivity (Wildman–Crippen MR) is 88.3 cm³/mol. The number of carbonyl (C=O) groups is 1. The van der Waals surface area contributed by atoms with Gasteiger partial charge in [0, 0.05) is 11.1 Å². The first-order valence-electron chi connectivity index (χ1n) is 7.29. The number of benzene rings is 1. The van der Waals surface area contributed by atoms with E-state index >= 15 is 0 Å². The minimum absolute atomic E-state index is 0.0353. The molecule has 130 valence electrons. The molecule has 0 bridgehead atoms. The highest BCUT2D eigenvalue weighted by molar-refractivity contribution is 7.13. The Morgan fingerprint density at radius 2 is 2.08 bits per heavy atom. The van der Waals surface area contributed by atoms with Gasteiger partial charge in [-0.05, 0) is 37.3 Å². The summed E-state index contributed by atoms with van der Waals surface area (Å²) in [5, 5.41) is 4.83. The molecule has 0 aliphatic carbocycles. The van der Waals surface area contributed by atoms with Crippen molar-refractivity contribution in [2.75, 3.05) is 5.32 Å². The lowest BCUT2D eigenvalue weighted by atomic mass is 10.2. The van der Waals surface area contributed by atoms with Crippen LogP contribution in [0.25, 0.3) is 10.8 Å². The predicted octanol–water partition coefficient (Wildman–Crippen LogP) is 4.91. The van der Waals surface area contributed by atoms with Crippen LogP contribution in [-0.4, -0.2) is 10.9 Å². The van der Waals surface area contributed by atoms with Crippen molar-refractivity contribution in [1.82, 2.24) is 4.98 Å². The molecule has 0 fully saturated rings. The zero-order chi connectivity index (χ0) is 18.0. The second kappa shape index (κ2) is 6.72. The Balaban J connectivity index is 1.66. The number of nitrogens with one attached hydrogen (secondary N) is 1. The smallest absolute Gasteiger partial charge is 0.416 e. The molecule has 0 saturated carbocycles. The van der Waals surface area contributed by atoms with E-state index in [2.05, 4.69) is 10.3 Å². The summed E-state index contributed by atoms with van der Waals surface area (Å²) >= 11 is 1.34. The summed E-state index contributed by atoms with van der Waals surface area (Å²) in [7, 11) is 0. The molecule has 0 radical (unpaired) electrons. The third kappa shape index (κ3) is 4.27. The number of aryl methyl sites for hydroxylation is 1. The Kier molecular flexibility index (Phi) is 4.63. The summed E-state index contributed by atoms with van der Waals surface area (Å²) in [5.74, 6) is 0.938. The summed E-state index contributed by atoms with van der Waals surface area (Å²) in [6, 6.07) is 8.12. The van der Waals surface area contributed by atoms with Gasteiger partial charge in [-0.1, -0.05) is 6.07 Å². The minimum atomic E-state index is -4.45. The molecule has 1 aromatic carbocycles. The fourth-order valence-electron chi connectivity index (χ4n) is 2.19. The average Bonchev–Trinajstić information content (AvgIpc) is 3.15. The van der Waals surface area contributed by atoms with Crippen LogP contribution in [0.5, 0.6) is 0 Å². The van der Waals surface area contributed by atoms with Crippen LogP contribution < -0.4 is 5.32 Å². The number of hydrogen-bond acceptors (Lipinski definition) is 4. The Bertz CT molecular complexity index is 899. The largest absolute Gasteiger partial charge is 0.459 e. The Morgan fingerprint density at radius 3 is 2.76 bits per heavy atom. The number of carbonyl (C=O) groups excluding carboxylic acids is 1. The topological polar surface area (TPSA) is 55.1 Å². The third-order valence-electron chi connectivity index (χ3n) is 3.32. The number of thiazole rings is 1. The molecule has 0 atom stereocenters. The van der Waals surface area contributed by atoms with E-state index in [0.29, 0.717) is 16.5 Å². The molecule has 0 spiro atoms. The maximum Gasteiger partial charge on any atom is 0.416 e. The van der Waals surface area contributed by atoms with Gasteiger partial charge < -0.3 is 9.73 Å². The highest BCUT2D eigenvalue weighted by Gasteiger charge is 2.30. The molecule has 4 nitrogen and oxygen atoms in total. The van der Waals surface area contributed by atoms with Crippen LogP contribution in [0, 0.1) is 6.92 Å². The van der Waals surface area contributed by atoms with E-state index in [-0.39, 0.29) is 12.1 Å². The second-order valence-electron chi connectivity index (χ2n) is 5.36. The number of alkyl halides is 3. The van der Waals surface area contributed by atoms with Gasteiger partial charge in [0.2, 0.25) is 5.91 Å². The molecule has 1 N–H and O–H groups in total. The van der Waals surface area contributed by atoms with Crippen molar-refractivity contribution in [3.05, 3.63) is 58.8 Å². The van der Waals surface area contributed by atoms with Gasteiger partial charge in [-0.2, -0.15) is 13.2 Å². The number of anilines is 1. The summed E-state index contributed by atoms with van der Waals surface area (Å²) in [6.45, 7) is 1.82. The lowest BCUT2D eigenvalue weighted by Crippen LogP contribution is -2.15. The average molecular weight is 366 g/mol. The molecule has 1 amide bonds. The Hall–Kier alpha value is -2.61. The number of halogens is 3. The first-order chi connectivity index (χ1) is 11.8. The van der Waals surface area contributed by atoms with Crippen LogP contribution in [0.3, 0.4) is 0 Å². The van der Waals surface area contributed by atoms with Crippen molar-refractivity contribution in [3.63, 3.8) is 0 Å². The van der Waals surface area contributed by atoms with Gasteiger partial charge in [0.15, 0.2) is 10.8 Å². The van der Waals surface area contributed by atoms with Crippen LogP contribution in [0.4, 0.5) is 18.9 Å². The van der Waals surface area contributed by atoms with E-state index < -0.39 is 17.6 Å². The van der Waals surface area contributed by atoms with Gasteiger partial charge in [0.25, 0.3) is 0 Å². The standard InChI is InChI=1S/C17H13F3N2O2S/c1-10-5-6-14(24-10)16-22-13(9-25-16)8-15(23)21-12-4-2-3-11(7-12)17(18,19)20/h2-7,9H,8H2,1H3,(H,21,23). The molecule has 8 heteroatoms. The lowest BCUT2D eigenvalue weighted by molar-refractivity contribution is -0.137. The van der Waals surface area contributed by atoms with Gasteiger partial charge in [-0.3, -0.25) is 4.79 Å². The van der Waals surface area contributed by atoms with Gasteiger partial charge in [0.1, 0.15) is 5.76 Å². The first-order valence-corrected chi connectivity index (χ1v) is 8.17. The highest BCUT2D eigenvalue weighted by Crippen LogP contribution is 2.31. The van der Waals surface area contributed by atoms with Crippen molar-refractivity contribution in [2.24, 2.45) is 0 Å². The van der Waals surface area contributed by atoms with Crippen LogP contribution >= 0.6 is 11.3 Å². The van der Waals surface area contributed by atoms with Crippen molar-refractivity contribution >= 4 is 22.9 Å². The Morgan fingerprint density at radius 1 is 1.28 bits per heavy atom. The van der Waals surface area contributed by atoms with Gasteiger partial charge in [0.05, 0.1) is 17.7 Å². The van der Waals surface area contributed by atoms with Crippen LogP contribution in [-0.2, 0) is 17.4 Å². The van der Waals surface area contributed by atoms with Crippen molar-refractivity contribution in [2.45, 2.75) is 19.5 Å². The van der Waals surface area contributed by atoms with E-state index in [1.54, 1.807) is 11.4 Å². The van der Waals surface area contributed by atoms with Gasteiger partial charge in [-0.15, -0.1) is 11.3 Å². The zero-order valence-electron chi connectivity index (χ0n) is 13.1. The van der Waals surface area contributed by atoms with Crippen LogP contribution in [0.15, 0.2) is 46.2 Å². The quantitative estimate of drug-likeness (QED) is 0.714. The van der Waals surface area contributed by atoms with E-state index in [1.165, 1.54) is 23.5 Å². The molecule has 3 rings (SSSR count). The SMILES string of the molecule is Cc1ccc(-c2nc(CC(=O)Nc3cccc(C(F)(F)F)c3)cs2)o1. The number of rotatable bonds is 4. The maximum absolute atomic E-state index is 12.7. The van der Waals surface area contributed by atoms with E-state index in [4.69, 9.17) is 4.42 Å². The normalized spacial score (nSPS) is 11.5. The first kappa shape index (κ1) is 17.2. The van der Waals surface area contributed by atoms with Gasteiger partial charge >= 0.3 is 6.18 Å². The number of nitrogens with zero attached hydrogens (tertiary/aromatic N) is 1. The molecular weight excluding hydrogens is 353 g/mol.